The normalized spacial score (nSPS) is 10.2. The smallest absolute Gasteiger partial charge is 0.323 e. The van der Waals surface area contributed by atoms with E-state index >= 15 is 0 Å². The lowest BCUT2D eigenvalue weighted by atomic mass is 10.2. The second-order valence-electron chi connectivity index (χ2n) is 4.59. The molecule has 0 saturated carbocycles. The molecule has 0 atom stereocenters. The van der Waals surface area contributed by atoms with Gasteiger partial charge in [0, 0.05) is 23.3 Å². The SMILES string of the molecule is O=C(O)Cn1cc(C(=O)NCc2cccc(Br)c2)ccc1=O. The molecule has 0 saturated heterocycles. The van der Waals surface area contributed by atoms with Gasteiger partial charge in [0.15, 0.2) is 0 Å². The summed E-state index contributed by atoms with van der Waals surface area (Å²) in [5.74, 6) is -1.52. The van der Waals surface area contributed by atoms with Gasteiger partial charge in [-0.05, 0) is 23.8 Å². The van der Waals surface area contributed by atoms with Gasteiger partial charge < -0.3 is 15.0 Å². The van der Waals surface area contributed by atoms with E-state index in [2.05, 4.69) is 21.2 Å². The van der Waals surface area contributed by atoms with E-state index in [0.29, 0.717) is 6.54 Å². The first-order valence-electron chi connectivity index (χ1n) is 6.40. The Morgan fingerprint density at radius 1 is 1.23 bits per heavy atom. The lowest BCUT2D eigenvalue weighted by Gasteiger charge is -2.08. The van der Waals surface area contributed by atoms with Crippen LogP contribution in [-0.4, -0.2) is 21.6 Å². The number of hydrogen-bond donors (Lipinski definition) is 2. The van der Waals surface area contributed by atoms with E-state index in [0.717, 1.165) is 14.6 Å². The minimum atomic E-state index is -1.14. The molecule has 114 valence electrons. The molecular weight excluding hydrogens is 352 g/mol. The van der Waals surface area contributed by atoms with Crippen LogP contribution in [0.5, 0.6) is 0 Å². The summed E-state index contributed by atoms with van der Waals surface area (Å²) in [4.78, 5) is 34.3. The van der Waals surface area contributed by atoms with Crippen molar-refractivity contribution in [3.63, 3.8) is 0 Å². The molecule has 0 aliphatic heterocycles. The molecule has 22 heavy (non-hydrogen) atoms. The highest BCUT2D eigenvalue weighted by molar-refractivity contribution is 9.10. The van der Waals surface area contributed by atoms with Crippen molar-refractivity contribution >= 4 is 27.8 Å². The predicted molar refractivity (Wildman–Crippen MR) is 83.7 cm³/mol. The molecule has 7 heteroatoms. The van der Waals surface area contributed by atoms with Crippen LogP contribution in [0.1, 0.15) is 15.9 Å². The first kappa shape index (κ1) is 16.0. The van der Waals surface area contributed by atoms with Gasteiger partial charge in [0.25, 0.3) is 11.5 Å². The van der Waals surface area contributed by atoms with E-state index in [1.54, 1.807) is 0 Å². The Kier molecular flexibility index (Phi) is 5.11. The summed E-state index contributed by atoms with van der Waals surface area (Å²) in [6.45, 7) is -0.151. The van der Waals surface area contributed by atoms with Crippen LogP contribution in [-0.2, 0) is 17.9 Å². The van der Waals surface area contributed by atoms with Crippen LogP contribution in [0.25, 0.3) is 0 Å². The van der Waals surface area contributed by atoms with Crippen molar-refractivity contribution < 1.29 is 14.7 Å². The number of pyridine rings is 1. The summed E-state index contributed by atoms with van der Waals surface area (Å²) >= 11 is 3.35. The Morgan fingerprint density at radius 3 is 2.68 bits per heavy atom. The van der Waals surface area contributed by atoms with Crippen molar-refractivity contribution in [2.24, 2.45) is 0 Å². The summed E-state index contributed by atoms with van der Waals surface area (Å²) in [6.07, 6.45) is 1.24. The maximum absolute atomic E-state index is 12.1. The topological polar surface area (TPSA) is 88.4 Å². The van der Waals surface area contributed by atoms with Crippen molar-refractivity contribution in [1.82, 2.24) is 9.88 Å². The van der Waals surface area contributed by atoms with Crippen molar-refractivity contribution in [3.05, 3.63) is 68.5 Å². The highest BCUT2D eigenvalue weighted by Crippen LogP contribution is 2.11. The van der Waals surface area contributed by atoms with Crippen LogP contribution >= 0.6 is 15.9 Å². The fourth-order valence-corrected chi connectivity index (χ4v) is 2.31. The minimum Gasteiger partial charge on any atom is -0.480 e. The Hall–Kier alpha value is -2.41. The molecule has 0 spiro atoms. The fraction of sp³-hybridized carbons (Fsp3) is 0.133. The third kappa shape index (κ3) is 4.29. The van der Waals surface area contributed by atoms with Crippen molar-refractivity contribution in [1.29, 1.82) is 0 Å². The van der Waals surface area contributed by atoms with Crippen LogP contribution in [0, 0.1) is 0 Å². The maximum atomic E-state index is 12.1. The zero-order chi connectivity index (χ0) is 16.1. The second-order valence-corrected chi connectivity index (χ2v) is 5.51. The van der Waals surface area contributed by atoms with Crippen molar-refractivity contribution in [2.75, 3.05) is 0 Å². The number of nitrogens with one attached hydrogen (secondary N) is 1. The molecule has 2 aromatic rings. The molecule has 1 aromatic carbocycles. The number of aromatic nitrogens is 1. The van der Waals surface area contributed by atoms with E-state index in [1.807, 2.05) is 24.3 Å². The number of hydrogen-bond acceptors (Lipinski definition) is 3. The lowest BCUT2D eigenvalue weighted by Crippen LogP contribution is -2.27. The van der Waals surface area contributed by atoms with Gasteiger partial charge in [-0.15, -0.1) is 0 Å². The Labute approximate surface area is 134 Å². The highest BCUT2D eigenvalue weighted by Gasteiger charge is 2.09. The van der Waals surface area contributed by atoms with E-state index < -0.39 is 18.1 Å². The number of carboxylic acids is 1. The van der Waals surface area contributed by atoms with Crippen molar-refractivity contribution in [2.45, 2.75) is 13.1 Å². The third-order valence-corrected chi connectivity index (χ3v) is 3.39. The Morgan fingerprint density at radius 2 is 2.00 bits per heavy atom. The van der Waals surface area contributed by atoms with Crippen LogP contribution < -0.4 is 10.9 Å². The number of aliphatic carboxylic acids is 1. The monoisotopic (exact) mass is 364 g/mol. The molecule has 0 unspecified atom stereocenters. The maximum Gasteiger partial charge on any atom is 0.323 e. The van der Waals surface area contributed by atoms with Gasteiger partial charge in [0.05, 0.1) is 5.56 Å². The van der Waals surface area contributed by atoms with Crippen LogP contribution in [0.2, 0.25) is 0 Å². The van der Waals surface area contributed by atoms with Crippen LogP contribution in [0.4, 0.5) is 0 Å². The van der Waals surface area contributed by atoms with Gasteiger partial charge in [-0.25, -0.2) is 0 Å². The highest BCUT2D eigenvalue weighted by atomic mass is 79.9. The number of carbonyl (C=O) groups excluding carboxylic acids is 1. The van der Waals surface area contributed by atoms with Crippen LogP contribution in [0.15, 0.2) is 51.9 Å². The standard InChI is InChI=1S/C15H13BrN2O4/c16-12-3-1-2-10(6-12)7-17-15(22)11-4-5-13(19)18(8-11)9-14(20)21/h1-6,8H,7,9H2,(H,17,22)(H,20,21). The zero-order valence-corrected chi connectivity index (χ0v) is 13.0. The van der Waals surface area contributed by atoms with E-state index in [1.165, 1.54) is 18.3 Å². The summed E-state index contributed by atoms with van der Waals surface area (Å²) < 4.78 is 1.89. The largest absolute Gasteiger partial charge is 0.480 e. The van der Waals surface area contributed by atoms with E-state index in [4.69, 9.17) is 5.11 Å². The molecule has 1 aromatic heterocycles. The molecule has 2 N–H and O–H groups in total. The zero-order valence-electron chi connectivity index (χ0n) is 11.5. The Bertz CT molecular complexity index is 770. The second kappa shape index (κ2) is 7.04. The van der Waals surface area contributed by atoms with E-state index in [9.17, 15) is 14.4 Å². The summed E-state index contributed by atoms with van der Waals surface area (Å²) in [5, 5.41) is 11.5. The molecule has 6 nitrogen and oxygen atoms in total. The summed E-state index contributed by atoms with van der Waals surface area (Å²) in [7, 11) is 0. The summed E-state index contributed by atoms with van der Waals surface area (Å²) in [5.41, 5.74) is 0.684. The number of nitrogens with zero attached hydrogens (tertiary/aromatic N) is 1. The average Bonchev–Trinajstić information content (AvgIpc) is 2.46. The first-order valence-corrected chi connectivity index (χ1v) is 7.20. The molecule has 0 aliphatic rings. The molecule has 0 radical (unpaired) electrons. The quantitative estimate of drug-likeness (QED) is 0.843. The van der Waals surface area contributed by atoms with E-state index in [-0.39, 0.29) is 11.5 Å². The molecule has 0 aliphatic carbocycles. The lowest BCUT2D eigenvalue weighted by molar-refractivity contribution is -0.137. The number of amides is 1. The Balaban J connectivity index is 2.09. The van der Waals surface area contributed by atoms with Gasteiger partial charge in [-0.2, -0.15) is 0 Å². The molecular formula is C15H13BrN2O4. The number of carbonyl (C=O) groups is 2. The number of halogens is 1. The predicted octanol–water partition coefficient (Wildman–Crippen LogP) is 1.63. The molecule has 0 bridgehead atoms. The number of rotatable bonds is 5. The molecule has 2 rings (SSSR count). The number of benzene rings is 1. The van der Waals surface area contributed by atoms with Crippen molar-refractivity contribution in [3.8, 4) is 0 Å². The van der Waals surface area contributed by atoms with Gasteiger partial charge in [0.2, 0.25) is 0 Å². The molecule has 1 heterocycles. The van der Waals surface area contributed by atoms with Gasteiger partial charge in [-0.1, -0.05) is 28.1 Å². The first-order chi connectivity index (χ1) is 10.5. The average molecular weight is 365 g/mol. The van der Waals surface area contributed by atoms with Gasteiger partial charge in [0.1, 0.15) is 6.54 Å². The minimum absolute atomic E-state index is 0.232. The molecule has 1 amide bonds. The molecule has 0 fully saturated rings. The summed E-state index contributed by atoms with van der Waals surface area (Å²) in [6, 6.07) is 10.0. The number of carboxylic acid groups (broad SMARTS) is 1. The van der Waals surface area contributed by atoms with Gasteiger partial charge in [-0.3, -0.25) is 14.4 Å². The van der Waals surface area contributed by atoms with Gasteiger partial charge >= 0.3 is 5.97 Å². The third-order valence-electron chi connectivity index (χ3n) is 2.89. The fourth-order valence-electron chi connectivity index (χ4n) is 1.87. The van der Waals surface area contributed by atoms with Crippen LogP contribution in [0.3, 0.4) is 0 Å².